The number of esters is 2. The van der Waals surface area contributed by atoms with Crippen LogP contribution in [0.25, 0.3) is 0 Å². The quantitative estimate of drug-likeness (QED) is 0.177. The van der Waals surface area contributed by atoms with E-state index in [2.05, 4.69) is 13.8 Å². The highest BCUT2D eigenvalue weighted by Crippen LogP contribution is 2.18. The summed E-state index contributed by atoms with van der Waals surface area (Å²) in [5, 5.41) is 0. The first kappa shape index (κ1) is 27.2. The van der Waals surface area contributed by atoms with E-state index in [1.807, 2.05) is 25.1 Å². The molecule has 0 fully saturated rings. The third kappa shape index (κ3) is 13.2. The minimum Gasteiger partial charge on any atom is -0.461 e. The molecule has 0 radical (unpaired) electrons. The Balaban J connectivity index is 2.35. The van der Waals surface area contributed by atoms with Crippen molar-refractivity contribution in [3.05, 3.63) is 34.9 Å². The van der Waals surface area contributed by atoms with E-state index in [4.69, 9.17) is 9.47 Å². The van der Waals surface area contributed by atoms with E-state index in [-0.39, 0.29) is 25.2 Å². The Labute approximate surface area is 190 Å². The van der Waals surface area contributed by atoms with Crippen LogP contribution in [0.2, 0.25) is 0 Å². The zero-order valence-corrected chi connectivity index (χ0v) is 20.2. The lowest BCUT2D eigenvalue weighted by Crippen LogP contribution is -2.10. The Kier molecular flexibility index (Phi) is 15.6. The number of unbranched alkanes of at least 4 members (excludes halogenated alkanes) is 10. The lowest BCUT2D eigenvalue weighted by atomic mass is 10.0. The summed E-state index contributed by atoms with van der Waals surface area (Å²) in [5.41, 5.74) is 2.92. The molecule has 0 aliphatic rings. The van der Waals surface area contributed by atoms with Gasteiger partial charge in [-0.15, -0.1) is 0 Å². The number of ether oxygens (including phenoxy) is 2. The number of hydrogen-bond acceptors (Lipinski definition) is 4. The summed E-state index contributed by atoms with van der Waals surface area (Å²) in [6, 6.07) is 5.90. The summed E-state index contributed by atoms with van der Waals surface area (Å²) >= 11 is 0. The topological polar surface area (TPSA) is 52.6 Å². The van der Waals surface area contributed by atoms with Crippen molar-refractivity contribution in [2.24, 2.45) is 0 Å². The lowest BCUT2D eigenvalue weighted by molar-refractivity contribution is -0.146. The Morgan fingerprint density at radius 1 is 0.677 bits per heavy atom. The Bertz CT molecular complexity index is 624. The number of rotatable bonds is 18. The molecule has 0 atom stereocenters. The second-order valence-corrected chi connectivity index (χ2v) is 8.57. The average Bonchev–Trinajstić information content (AvgIpc) is 2.76. The van der Waals surface area contributed by atoms with Crippen molar-refractivity contribution in [3.63, 3.8) is 0 Å². The molecule has 4 nitrogen and oxygen atoms in total. The standard InChI is InChI=1S/C27H44O4/c1-4-6-8-10-12-14-19-26(28)30-21-24-18-16-17-23(3)25(24)22-31-27(29)20-15-13-11-9-7-5-2/h16-18H,4-15,19-22H2,1-3H3. The first-order valence-corrected chi connectivity index (χ1v) is 12.5. The molecule has 0 saturated carbocycles. The average molecular weight is 433 g/mol. The van der Waals surface area contributed by atoms with E-state index in [9.17, 15) is 9.59 Å². The lowest BCUT2D eigenvalue weighted by Gasteiger charge is -2.14. The Hall–Kier alpha value is -1.84. The summed E-state index contributed by atoms with van der Waals surface area (Å²) in [4.78, 5) is 24.2. The summed E-state index contributed by atoms with van der Waals surface area (Å²) in [7, 11) is 0. The third-order valence-electron chi connectivity index (χ3n) is 5.74. The van der Waals surface area contributed by atoms with Gasteiger partial charge in [-0.25, -0.2) is 0 Å². The fourth-order valence-electron chi connectivity index (χ4n) is 3.66. The molecule has 0 N–H and O–H groups in total. The number of aryl methyl sites for hydroxylation is 1. The van der Waals surface area contributed by atoms with Crippen LogP contribution in [0.5, 0.6) is 0 Å². The van der Waals surface area contributed by atoms with Gasteiger partial charge in [-0.1, -0.05) is 96.3 Å². The highest BCUT2D eigenvalue weighted by atomic mass is 16.5. The zero-order chi connectivity index (χ0) is 22.7. The van der Waals surface area contributed by atoms with Crippen LogP contribution in [0.4, 0.5) is 0 Å². The van der Waals surface area contributed by atoms with Gasteiger partial charge < -0.3 is 9.47 Å². The minimum absolute atomic E-state index is 0.148. The van der Waals surface area contributed by atoms with Gasteiger partial charge in [0.2, 0.25) is 0 Å². The van der Waals surface area contributed by atoms with E-state index in [0.717, 1.165) is 42.4 Å². The largest absolute Gasteiger partial charge is 0.461 e. The van der Waals surface area contributed by atoms with Crippen LogP contribution in [0.15, 0.2) is 18.2 Å². The minimum atomic E-state index is -0.150. The van der Waals surface area contributed by atoms with Crippen LogP contribution in [0.1, 0.15) is 120 Å². The van der Waals surface area contributed by atoms with Gasteiger partial charge in [0.25, 0.3) is 0 Å². The van der Waals surface area contributed by atoms with Gasteiger partial charge in [0.15, 0.2) is 0 Å². The highest BCUT2D eigenvalue weighted by molar-refractivity contribution is 5.70. The van der Waals surface area contributed by atoms with Crippen molar-refractivity contribution < 1.29 is 19.1 Å². The van der Waals surface area contributed by atoms with Crippen LogP contribution < -0.4 is 0 Å². The van der Waals surface area contributed by atoms with Gasteiger partial charge in [0, 0.05) is 12.8 Å². The number of benzene rings is 1. The molecule has 176 valence electrons. The van der Waals surface area contributed by atoms with Gasteiger partial charge in [0.1, 0.15) is 13.2 Å². The molecular weight excluding hydrogens is 388 g/mol. The van der Waals surface area contributed by atoms with E-state index in [1.165, 1.54) is 51.4 Å². The second-order valence-electron chi connectivity index (χ2n) is 8.57. The molecule has 1 rings (SSSR count). The maximum absolute atomic E-state index is 12.1. The second kappa shape index (κ2) is 17.8. The first-order chi connectivity index (χ1) is 15.1. The van der Waals surface area contributed by atoms with Crippen LogP contribution in [-0.4, -0.2) is 11.9 Å². The molecule has 0 saturated heterocycles. The maximum Gasteiger partial charge on any atom is 0.306 e. The smallest absolute Gasteiger partial charge is 0.306 e. The van der Waals surface area contributed by atoms with Crippen molar-refractivity contribution >= 4 is 11.9 Å². The molecule has 0 spiro atoms. The molecule has 0 aromatic heterocycles. The maximum atomic E-state index is 12.1. The van der Waals surface area contributed by atoms with Gasteiger partial charge in [-0.05, 0) is 36.5 Å². The van der Waals surface area contributed by atoms with E-state index < -0.39 is 0 Å². The fourth-order valence-corrected chi connectivity index (χ4v) is 3.66. The Morgan fingerprint density at radius 2 is 1.16 bits per heavy atom. The SMILES string of the molecule is CCCCCCCCC(=O)OCc1cccc(C)c1COC(=O)CCCCCCCC. The monoisotopic (exact) mass is 432 g/mol. The number of carbonyl (C=O) groups excluding carboxylic acids is 2. The van der Waals surface area contributed by atoms with Crippen LogP contribution in [0, 0.1) is 6.92 Å². The zero-order valence-electron chi connectivity index (χ0n) is 20.2. The fraction of sp³-hybridized carbons (Fsp3) is 0.704. The van der Waals surface area contributed by atoms with Crippen molar-refractivity contribution in [1.82, 2.24) is 0 Å². The first-order valence-electron chi connectivity index (χ1n) is 12.5. The summed E-state index contributed by atoms with van der Waals surface area (Å²) in [6.45, 7) is 6.88. The van der Waals surface area contributed by atoms with Crippen molar-refractivity contribution in [3.8, 4) is 0 Å². The third-order valence-corrected chi connectivity index (χ3v) is 5.74. The molecule has 0 aliphatic carbocycles. The van der Waals surface area contributed by atoms with Crippen LogP contribution in [0.3, 0.4) is 0 Å². The summed E-state index contributed by atoms with van der Waals surface area (Å²) in [6.07, 6.45) is 14.8. The van der Waals surface area contributed by atoms with Crippen LogP contribution >= 0.6 is 0 Å². The molecule has 4 heteroatoms. The van der Waals surface area contributed by atoms with Crippen molar-refractivity contribution in [2.45, 2.75) is 124 Å². The molecule has 0 unspecified atom stereocenters. The highest BCUT2D eigenvalue weighted by Gasteiger charge is 2.11. The van der Waals surface area contributed by atoms with E-state index in [1.54, 1.807) is 0 Å². The molecule has 1 aromatic rings. The normalized spacial score (nSPS) is 10.8. The van der Waals surface area contributed by atoms with Gasteiger partial charge in [-0.3, -0.25) is 9.59 Å². The van der Waals surface area contributed by atoms with Gasteiger partial charge >= 0.3 is 11.9 Å². The predicted molar refractivity (Wildman–Crippen MR) is 127 cm³/mol. The van der Waals surface area contributed by atoms with Gasteiger partial charge in [0.05, 0.1) is 0 Å². The number of carbonyl (C=O) groups is 2. The van der Waals surface area contributed by atoms with Gasteiger partial charge in [-0.2, -0.15) is 0 Å². The summed E-state index contributed by atoms with van der Waals surface area (Å²) in [5.74, 6) is -0.298. The molecule has 1 aromatic carbocycles. The van der Waals surface area contributed by atoms with E-state index >= 15 is 0 Å². The van der Waals surface area contributed by atoms with Crippen molar-refractivity contribution in [1.29, 1.82) is 0 Å². The van der Waals surface area contributed by atoms with Crippen molar-refractivity contribution in [2.75, 3.05) is 0 Å². The molecule has 0 aliphatic heterocycles. The molecular formula is C27H44O4. The van der Waals surface area contributed by atoms with Crippen LogP contribution in [-0.2, 0) is 32.3 Å². The molecule has 0 heterocycles. The Morgan fingerprint density at radius 3 is 1.71 bits per heavy atom. The molecule has 31 heavy (non-hydrogen) atoms. The summed E-state index contributed by atoms with van der Waals surface area (Å²) < 4.78 is 11.0. The predicted octanol–water partition coefficient (Wildman–Crippen LogP) is 7.58. The molecule has 0 bridgehead atoms. The molecule has 0 amide bonds. The van der Waals surface area contributed by atoms with E-state index in [0.29, 0.717) is 12.8 Å². The number of hydrogen-bond donors (Lipinski definition) is 0.